The molecule has 9 nitrogen and oxygen atoms in total. The highest BCUT2D eigenvalue weighted by Gasteiger charge is 2.24. The minimum absolute atomic E-state index is 0.157. The van der Waals surface area contributed by atoms with Crippen molar-refractivity contribution in [1.82, 2.24) is 15.1 Å². The molecule has 0 aromatic heterocycles. The monoisotopic (exact) mass is 380 g/mol. The fourth-order valence-corrected chi connectivity index (χ4v) is 3.04. The number of carbonyl (C=O) groups excluding carboxylic acids is 2. The number of nitrogens with one attached hydrogen (secondary N) is 1. The van der Waals surface area contributed by atoms with Crippen LogP contribution in [-0.2, 0) is 4.79 Å². The Morgan fingerprint density at radius 3 is 2.07 bits per heavy atom. The standard InChI is InChI=1S/C18H28N4O5/c1-12(13-9-14(25-2)17(27-4)15(10-13)26-3)20-18(24)22-7-5-21(6-8-22)11-16(19)23/h9-10,12H,5-8,11H2,1-4H3,(H2,19,23)(H,20,24)/t12-/m0/s1. The van der Waals surface area contributed by atoms with E-state index in [4.69, 9.17) is 19.9 Å². The fraction of sp³-hybridized carbons (Fsp3) is 0.556. The van der Waals surface area contributed by atoms with Gasteiger partial charge in [-0.15, -0.1) is 0 Å². The van der Waals surface area contributed by atoms with Crippen molar-refractivity contribution >= 4 is 11.9 Å². The third-order valence-corrected chi connectivity index (χ3v) is 4.57. The zero-order valence-corrected chi connectivity index (χ0v) is 16.3. The first kappa shape index (κ1) is 20.6. The number of amides is 3. The van der Waals surface area contributed by atoms with Crippen LogP contribution in [-0.4, -0.2) is 75.8 Å². The number of hydrogen-bond acceptors (Lipinski definition) is 6. The maximum atomic E-state index is 12.6. The van der Waals surface area contributed by atoms with Crippen LogP contribution in [0.15, 0.2) is 12.1 Å². The minimum atomic E-state index is -0.357. The van der Waals surface area contributed by atoms with Gasteiger partial charge in [0, 0.05) is 26.2 Å². The molecule has 0 spiro atoms. The SMILES string of the molecule is COc1cc([C@H](C)NC(=O)N2CCN(CC(N)=O)CC2)cc(OC)c1OC. The molecule has 3 N–H and O–H groups in total. The molecule has 0 bridgehead atoms. The first-order valence-corrected chi connectivity index (χ1v) is 8.75. The van der Waals surface area contributed by atoms with E-state index in [1.54, 1.807) is 26.2 Å². The number of nitrogens with zero attached hydrogens (tertiary/aromatic N) is 2. The Morgan fingerprint density at radius 2 is 1.63 bits per heavy atom. The topological polar surface area (TPSA) is 106 Å². The molecule has 0 saturated carbocycles. The number of benzene rings is 1. The number of methoxy groups -OCH3 is 3. The van der Waals surface area contributed by atoms with Crippen LogP contribution in [0.25, 0.3) is 0 Å². The van der Waals surface area contributed by atoms with Gasteiger partial charge in [0.25, 0.3) is 0 Å². The highest BCUT2D eigenvalue weighted by molar-refractivity contribution is 5.76. The second kappa shape index (κ2) is 9.31. The van der Waals surface area contributed by atoms with Crippen LogP contribution in [0, 0.1) is 0 Å². The van der Waals surface area contributed by atoms with E-state index in [9.17, 15) is 9.59 Å². The largest absolute Gasteiger partial charge is 0.493 e. The van der Waals surface area contributed by atoms with Crippen LogP contribution in [0.2, 0.25) is 0 Å². The van der Waals surface area contributed by atoms with E-state index in [1.165, 1.54) is 0 Å². The average molecular weight is 380 g/mol. The summed E-state index contributed by atoms with van der Waals surface area (Å²) >= 11 is 0. The van der Waals surface area contributed by atoms with E-state index in [0.717, 1.165) is 5.56 Å². The summed E-state index contributed by atoms with van der Waals surface area (Å²) in [6, 6.07) is 3.22. The lowest BCUT2D eigenvalue weighted by atomic mass is 10.1. The van der Waals surface area contributed by atoms with E-state index in [-0.39, 0.29) is 24.5 Å². The highest BCUT2D eigenvalue weighted by Crippen LogP contribution is 2.39. The summed E-state index contributed by atoms with van der Waals surface area (Å²) < 4.78 is 16.0. The van der Waals surface area contributed by atoms with Crippen molar-refractivity contribution in [2.24, 2.45) is 5.73 Å². The molecular formula is C18H28N4O5. The summed E-state index contributed by atoms with van der Waals surface area (Å²) in [5.41, 5.74) is 6.05. The molecule has 1 aliphatic rings. The van der Waals surface area contributed by atoms with Gasteiger partial charge in [-0.05, 0) is 24.6 Å². The van der Waals surface area contributed by atoms with Gasteiger partial charge in [-0.3, -0.25) is 9.69 Å². The second-order valence-corrected chi connectivity index (χ2v) is 6.36. The van der Waals surface area contributed by atoms with Crippen molar-refractivity contribution in [3.8, 4) is 17.2 Å². The molecule has 1 fully saturated rings. The molecule has 2 rings (SSSR count). The van der Waals surface area contributed by atoms with Crippen molar-refractivity contribution in [3.63, 3.8) is 0 Å². The summed E-state index contributed by atoms with van der Waals surface area (Å²) in [4.78, 5) is 27.2. The summed E-state index contributed by atoms with van der Waals surface area (Å²) in [6.45, 7) is 4.44. The fourth-order valence-electron chi connectivity index (χ4n) is 3.04. The maximum absolute atomic E-state index is 12.6. The quantitative estimate of drug-likeness (QED) is 0.717. The van der Waals surface area contributed by atoms with Crippen LogP contribution in [0.1, 0.15) is 18.5 Å². The van der Waals surface area contributed by atoms with Gasteiger partial charge in [0.15, 0.2) is 11.5 Å². The molecule has 150 valence electrons. The average Bonchev–Trinajstić information content (AvgIpc) is 2.66. The first-order valence-electron chi connectivity index (χ1n) is 8.75. The number of hydrogen-bond donors (Lipinski definition) is 2. The maximum Gasteiger partial charge on any atom is 0.317 e. The molecule has 1 aromatic rings. The molecule has 1 heterocycles. The predicted octanol–water partition coefficient (Wildman–Crippen LogP) is 0.586. The Morgan fingerprint density at radius 1 is 1.07 bits per heavy atom. The van der Waals surface area contributed by atoms with Crippen molar-refractivity contribution in [2.45, 2.75) is 13.0 Å². The van der Waals surface area contributed by atoms with Crippen molar-refractivity contribution in [1.29, 1.82) is 0 Å². The van der Waals surface area contributed by atoms with Crippen LogP contribution < -0.4 is 25.3 Å². The number of carbonyl (C=O) groups is 2. The molecule has 3 amide bonds. The zero-order valence-electron chi connectivity index (χ0n) is 16.3. The predicted molar refractivity (Wildman–Crippen MR) is 100 cm³/mol. The van der Waals surface area contributed by atoms with Crippen LogP contribution >= 0.6 is 0 Å². The van der Waals surface area contributed by atoms with Gasteiger partial charge >= 0.3 is 6.03 Å². The second-order valence-electron chi connectivity index (χ2n) is 6.36. The van der Waals surface area contributed by atoms with Crippen molar-refractivity contribution in [2.75, 3.05) is 54.1 Å². The summed E-state index contributed by atoms with van der Waals surface area (Å²) in [5.74, 6) is 1.22. The zero-order chi connectivity index (χ0) is 20.0. The van der Waals surface area contributed by atoms with Gasteiger partial charge in [-0.2, -0.15) is 0 Å². The summed E-state index contributed by atoms with van der Waals surface area (Å²) in [6.07, 6.45) is 0. The van der Waals surface area contributed by atoms with Gasteiger partial charge in [0.05, 0.1) is 33.9 Å². The van der Waals surface area contributed by atoms with E-state index < -0.39 is 0 Å². The normalized spacial score (nSPS) is 15.8. The number of primary amides is 1. The molecule has 1 atom stereocenters. The first-order chi connectivity index (χ1) is 12.9. The van der Waals surface area contributed by atoms with E-state index >= 15 is 0 Å². The number of nitrogens with two attached hydrogens (primary N) is 1. The molecule has 1 aliphatic heterocycles. The number of rotatable bonds is 7. The van der Waals surface area contributed by atoms with Crippen LogP contribution in [0.4, 0.5) is 4.79 Å². The lowest BCUT2D eigenvalue weighted by Gasteiger charge is -2.34. The lowest BCUT2D eigenvalue weighted by Crippen LogP contribution is -2.53. The molecule has 0 unspecified atom stereocenters. The Kier molecular flexibility index (Phi) is 7.12. The lowest BCUT2D eigenvalue weighted by molar-refractivity contribution is -0.119. The molecule has 9 heteroatoms. The molecule has 27 heavy (non-hydrogen) atoms. The van der Waals surface area contributed by atoms with Crippen molar-refractivity contribution in [3.05, 3.63) is 17.7 Å². The van der Waals surface area contributed by atoms with E-state index in [2.05, 4.69) is 5.32 Å². The van der Waals surface area contributed by atoms with Gasteiger partial charge < -0.3 is 30.2 Å². The number of ether oxygens (including phenoxy) is 3. The van der Waals surface area contributed by atoms with Crippen LogP contribution in [0.3, 0.4) is 0 Å². The molecule has 0 aliphatic carbocycles. The smallest absolute Gasteiger partial charge is 0.317 e. The molecule has 0 radical (unpaired) electrons. The summed E-state index contributed by atoms with van der Waals surface area (Å²) in [7, 11) is 4.65. The van der Waals surface area contributed by atoms with E-state index in [1.807, 2.05) is 24.0 Å². The van der Waals surface area contributed by atoms with Crippen LogP contribution in [0.5, 0.6) is 17.2 Å². The molecular weight excluding hydrogens is 352 g/mol. The van der Waals surface area contributed by atoms with Gasteiger partial charge in [0.1, 0.15) is 0 Å². The molecule has 1 saturated heterocycles. The van der Waals surface area contributed by atoms with E-state index in [0.29, 0.717) is 43.4 Å². The highest BCUT2D eigenvalue weighted by atomic mass is 16.5. The van der Waals surface area contributed by atoms with Gasteiger partial charge in [0.2, 0.25) is 11.7 Å². The number of urea groups is 1. The number of piperazine rings is 1. The van der Waals surface area contributed by atoms with Crippen molar-refractivity contribution < 1.29 is 23.8 Å². The van der Waals surface area contributed by atoms with Gasteiger partial charge in [-0.25, -0.2) is 4.79 Å². The Balaban J connectivity index is 2.01. The third kappa shape index (κ3) is 5.16. The summed E-state index contributed by atoms with van der Waals surface area (Å²) in [5, 5.41) is 2.99. The third-order valence-electron chi connectivity index (χ3n) is 4.57. The molecule has 1 aromatic carbocycles. The Bertz CT molecular complexity index is 649. The minimum Gasteiger partial charge on any atom is -0.493 e. The van der Waals surface area contributed by atoms with Gasteiger partial charge in [-0.1, -0.05) is 0 Å². The Hall–Kier alpha value is -2.68. The Labute approximate surface area is 159 Å².